The van der Waals surface area contributed by atoms with Crippen LogP contribution in [0.15, 0.2) is 195 Å². The Morgan fingerprint density at radius 3 is 1.34 bits per heavy atom. The molecule has 0 saturated heterocycles. The largest absolute Gasteiger partial charge is 0.456 e. The van der Waals surface area contributed by atoms with Crippen LogP contribution in [-0.4, -0.2) is 9.13 Å². The smallest absolute Gasteiger partial charge is 0.144 e. The minimum absolute atomic E-state index is 0.809. The van der Waals surface area contributed by atoms with Crippen LogP contribution in [0.2, 0.25) is 0 Å². The van der Waals surface area contributed by atoms with Crippen LogP contribution in [0.3, 0.4) is 0 Å². The molecule has 5 heteroatoms. The van der Waals surface area contributed by atoms with Gasteiger partial charge in [-0.15, -0.1) is 0 Å². The van der Waals surface area contributed by atoms with Crippen molar-refractivity contribution in [1.29, 1.82) is 0 Å². The monoisotopic (exact) mass is 754 g/mol. The molecule has 0 unspecified atom stereocenters. The first-order valence-corrected chi connectivity index (χ1v) is 20.0. The van der Waals surface area contributed by atoms with Crippen molar-refractivity contribution < 1.29 is 13.3 Å². The van der Waals surface area contributed by atoms with E-state index in [0.29, 0.717) is 0 Å². The summed E-state index contributed by atoms with van der Waals surface area (Å²) in [4.78, 5) is 0. The van der Waals surface area contributed by atoms with E-state index in [-0.39, 0.29) is 0 Å². The van der Waals surface area contributed by atoms with Gasteiger partial charge in [0.15, 0.2) is 0 Å². The molecule has 0 N–H and O–H groups in total. The summed E-state index contributed by atoms with van der Waals surface area (Å²) in [5.74, 6) is 0. The quantitative estimate of drug-likeness (QED) is 0.180. The van der Waals surface area contributed by atoms with Crippen molar-refractivity contribution in [3.05, 3.63) is 182 Å². The van der Waals surface area contributed by atoms with Gasteiger partial charge in [-0.25, -0.2) is 0 Å². The van der Waals surface area contributed by atoms with E-state index >= 15 is 0 Å². The highest BCUT2D eigenvalue weighted by Gasteiger charge is 2.24. The Balaban J connectivity index is 1.09. The van der Waals surface area contributed by atoms with Crippen LogP contribution in [0, 0.1) is 0 Å². The highest BCUT2D eigenvalue weighted by molar-refractivity contribution is 6.25. The molecule has 0 aliphatic heterocycles. The van der Waals surface area contributed by atoms with Gasteiger partial charge in [0.05, 0.1) is 22.1 Å². The zero-order chi connectivity index (χ0) is 38.3. The SMILES string of the molecule is c1ccc2c(c1)oc1ccc(-c3c4oc5ccc(-n6c7ccccc7c7ccccc76)cc5c4cc4oc5ccc(-n6c7ccccc7c7ccccc76)cc5c34)cc12. The van der Waals surface area contributed by atoms with E-state index in [9.17, 15) is 0 Å². The summed E-state index contributed by atoms with van der Waals surface area (Å²) >= 11 is 0. The molecule has 0 atom stereocenters. The summed E-state index contributed by atoms with van der Waals surface area (Å²) in [7, 11) is 0. The lowest BCUT2D eigenvalue weighted by Crippen LogP contribution is -1.93. The molecule has 0 saturated carbocycles. The summed E-state index contributed by atoms with van der Waals surface area (Å²) < 4.78 is 24.9. The van der Waals surface area contributed by atoms with Crippen molar-refractivity contribution in [1.82, 2.24) is 9.13 Å². The zero-order valence-corrected chi connectivity index (χ0v) is 31.4. The third kappa shape index (κ3) is 4.18. The lowest BCUT2D eigenvalue weighted by molar-refractivity contribution is 0.664. The number of hydrogen-bond acceptors (Lipinski definition) is 3. The second kappa shape index (κ2) is 11.3. The van der Waals surface area contributed by atoms with Gasteiger partial charge in [-0.3, -0.25) is 0 Å². The number of aromatic nitrogens is 2. The lowest BCUT2D eigenvalue weighted by Gasteiger charge is -2.09. The molecule has 9 aromatic carbocycles. The van der Waals surface area contributed by atoms with E-state index in [1.807, 2.05) is 12.1 Å². The molecule has 0 spiro atoms. The van der Waals surface area contributed by atoms with E-state index in [0.717, 1.165) is 99.4 Å². The Morgan fingerprint density at radius 2 is 0.729 bits per heavy atom. The molecule has 5 heterocycles. The lowest BCUT2D eigenvalue weighted by atomic mass is 9.95. The first-order valence-electron chi connectivity index (χ1n) is 20.0. The maximum absolute atomic E-state index is 7.03. The van der Waals surface area contributed by atoms with Gasteiger partial charge in [0, 0.05) is 70.8 Å². The van der Waals surface area contributed by atoms with Crippen LogP contribution in [0.1, 0.15) is 0 Å². The number of nitrogens with zero attached hydrogens (tertiary/aromatic N) is 2. The number of benzene rings is 9. The Bertz CT molecular complexity index is 3980. The van der Waals surface area contributed by atoms with Gasteiger partial charge < -0.3 is 22.4 Å². The van der Waals surface area contributed by atoms with Gasteiger partial charge in [-0.05, 0) is 90.5 Å². The number of fused-ring (bicyclic) bond motifs is 15. The number of rotatable bonds is 3. The molecular weight excluding hydrogens is 725 g/mol. The second-order valence-corrected chi connectivity index (χ2v) is 15.6. The fraction of sp³-hybridized carbons (Fsp3) is 0. The maximum atomic E-state index is 7.03. The molecule has 14 aromatic rings. The van der Waals surface area contributed by atoms with E-state index in [4.69, 9.17) is 13.3 Å². The van der Waals surface area contributed by atoms with Crippen LogP contribution >= 0.6 is 0 Å². The third-order valence-corrected chi connectivity index (χ3v) is 12.5. The fourth-order valence-electron chi connectivity index (χ4n) is 9.98. The minimum atomic E-state index is 0.809. The normalized spacial score (nSPS) is 12.4. The van der Waals surface area contributed by atoms with Gasteiger partial charge in [0.2, 0.25) is 0 Å². The average Bonchev–Trinajstić information content (AvgIpc) is 4.10. The highest BCUT2D eigenvalue weighted by atomic mass is 16.3. The van der Waals surface area contributed by atoms with Crippen molar-refractivity contribution in [2.45, 2.75) is 0 Å². The number of furan rings is 3. The first kappa shape index (κ1) is 31.1. The van der Waals surface area contributed by atoms with Crippen LogP contribution in [0.4, 0.5) is 0 Å². The summed E-state index contributed by atoms with van der Waals surface area (Å²) in [6.45, 7) is 0. The zero-order valence-electron chi connectivity index (χ0n) is 31.4. The van der Waals surface area contributed by atoms with E-state index in [2.05, 4.69) is 179 Å². The van der Waals surface area contributed by atoms with Crippen LogP contribution < -0.4 is 0 Å². The Morgan fingerprint density at radius 1 is 0.288 bits per heavy atom. The van der Waals surface area contributed by atoms with Crippen molar-refractivity contribution in [2.75, 3.05) is 0 Å². The average molecular weight is 755 g/mol. The first-order chi connectivity index (χ1) is 29.2. The van der Waals surface area contributed by atoms with Crippen LogP contribution in [-0.2, 0) is 0 Å². The number of hydrogen-bond donors (Lipinski definition) is 0. The van der Waals surface area contributed by atoms with Gasteiger partial charge in [-0.2, -0.15) is 0 Å². The molecular formula is C54H30N2O3. The minimum Gasteiger partial charge on any atom is -0.456 e. The van der Waals surface area contributed by atoms with Gasteiger partial charge >= 0.3 is 0 Å². The highest BCUT2D eigenvalue weighted by Crippen LogP contribution is 2.47. The van der Waals surface area contributed by atoms with Crippen molar-refractivity contribution in [2.24, 2.45) is 0 Å². The fourth-order valence-corrected chi connectivity index (χ4v) is 9.98. The topological polar surface area (TPSA) is 49.3 Å². The van der Waals surface area contributed by atoms with Gasteiger partial charge in [0.25, 0.3) is 0 Å². The molecule has 0 aliphatic rings. The molecule has 14 rings (SSSR count). The molecule has 0 amide bonds. The molecule has 59 heavy (non-hydrogen) atoms. The third-order valence-electron chi connectivity index (χ3n) is 12.5. The van der Waals surface area contributed by atoms with Crippen LogP contribution in [0.25, 0.3) is 132 Å². The second-order valence-electron chi connectivity index (χ2n) is 15.6. The van der Waals surface area contributed by atoms with Gasteiger partial charge in [0.1, 0.15) is 33.5 Å². The Labute approximate surface area is 335 Å². The predicted molar refractivity (Wildman–Crippen MR) is 242 cm³/mol. The molecule has 0 aliphatic carbocycles. The number of para-hydroxylation sites is 5. The molecule has 274 valence electrons. The maximum Gasteiger partial charge on any atom is 0.144 e. The summed E-state index contributed by atoms with van der Waals surface area (Å²) in [6.07, 6.45) is 0. The molecule has 0 fully saturated rings. The molecule has 0 radical (unpaired) electrons. The molecule has 0 bridgehead atoms. The van der Waals surface area contributed by atoms with Crippen molar-refractivity contribution >= 4 is 109 Å². The van der Waals surface area contributed by atoms with Crippen molar-refractivity contribution in [3.8, 4) is 22.5 Å². The van der Waals surface area contributed by atoms with E-state index in [1.165, 1.54) is 32.6 Å². The van der Waals surface area contributed by atoms with Crippen LogP contribution in [0.5, 0.6) is 0 Å². The summed E-state index contributed by atoms with van der Waals surface area (Å²) in [5.41, 5.74) is 13.8. The van der Waals surface area contributed by atoms with E-state index in [1.54, 1.807) is 0 Å². The standard InChI is InChI=1S/C54H30N2O3/c1-6-16-43-34(11-1)35-12-2-7-17-44(35)55(43)32-22-25-49-40(28-32)41-30-51-53(52(54(41)59-49)31-21-24-48-39(27-31)38-15-5-10-20-47(38)57-48)42-29-33(23-26-50(42)58-51)56-45-18-8-3-13-36(45)37-14-4-9-19-46(37)56/h1-30H. The summed E-state index contributed by atoms with van der Waals surface area (Å²) in [5, 5.41) is 11.1. The predicted octanol–water partition coefficient (Wildman–Crippen LogP) is 15.2. The molecule has 5 aromatic heterocycles. The Hall–Kier alpha value is -8.02. The summed E-state index contributed by atoms with van der Waals surface area (Å²) in [6, 6.07) is 64.6. The van der Waals surface area contributed by atoms with Crippen molar-refractivity contribution in [3.63, 3.8) is 0 Å². The van der Waals surface area contributed by atoms with E-state index < -0.39 is 0 Å². The Kier molecular flexibility index (Phi) is 5.96. The van der Waals surface area contributed by atoms with Gasteiger partial charge in [-0.1, -0.05) is 97.1 Å². The molecule has 5 nitrogen and oxygen atoms in total.